The summed E-state index contributed by atoms with van der Waals surface area (Å²) in [6.07, 6.45) is 6.06. The average Bonchev–Trinajstić information content (AvgIpc) is 2.76. The number of carbonyl (C=O) groups is 1. The Morgan fingerprint density at radius 2 is 1.93 bits per heavy atom. The fraction of sp³-hybridized carbons (Fsp3) is 0.381. The predicted molar refractivity (Wildman–Crippen MR) is 106 cm³/mol. The molecule has 1 unspecified atom stereocenters. The van der Waals surface area contributed by atoms with E-state index < -0.39 is 5.60 Å². The maximum atomic E-state index is 12.3. The minimum atomic E-state index is -0.509. The number of ether oxygens (including phenoxy) is 1. The molecule has 5 nitrogen and oxygen atoms in total. The van der Waals surface area contributed by atoms with Crippen molar-refractivity contribution in [1.29, 1.82) is 0 Å². The minimum absolute atomic E-state index is 0.132. The van der Waals surface area contributed by atoms with Crippen LogP contribution < -0.4 is 0 Å². The zero-order valence-electron chi connectivity index (χ0n) is 15.7. The molecule has 140 valence electrons. The number of benzene rings is 1. The van der Waals surface area contributed by atoms with Crippen molar-refractivity contribution in [3.63, 3.8) is 0 Å². The minimum Gasteiger partial charge on any atom is -0.444 e. The highest BCUT2D eigenvalue weighted by Crippen LogP contribution is 2.28. The standard InChI is InChI=1S/C17H20ClNO2.C4H2N2/c1-5-12-11-19(16(20)21-17(2,3)4)9-8-13-10-14(18)6-7-15(12)13;1-2-4-3(1)5-6-4/h1,6-7,10,12H,8-9,11H2,2-4H3;1-2H. The molecular formula is C21H22ClN3O2. The molecule has 0 fully saturated rings. The Labute approximate surface area is 164 Å². The molecule has 1 aromatic carbocycles. The van der Waals surface area contributed by atoms with Crippen molar-refractivity contribution in [1.82, 2.24) is 15.1 Å². The number of carbonyl (C=O) groups excluding carboxylic acids is 1. The maximum absolute atomic E-state index is 12.3. The highest BCUT2D eigenvalue weighted by Gasteiger charge is 2.28. The lowest BCUT2D eigenvalue weighted by molar-refractivity contribution is 0.0253. The van der Waals surface area contributed by atoms with Crippen LogP contribution in [0.25, 0.3) is 11.4 Å². The Hall–Kier alpha value is -2.58. The van der Waals surface area contributed by atoms with Crippen LogP contribution in [-0.4, -0.2) is 39.9 Å². The van der Waals surface area contributed by atoms with Crippen LogP contribution in [0.1, 0.15) is 37.8 Å². The normalized spacial score (nSPS) is 16.9. The third kappa shape index (κ3) is 4.58. The zero-order valence-corrected chi connectivity index (χ0v) is 16.5. The fourth-order valence-corrected chi connectivity index (χ4v) is 3.09. The number of fused-ring (bicyclic) bond motifs is 2. The molecule has 0 radical (unpaired) electrons. The molecule has 1 aliphatic carbocycles. The lowest BCUT2D eigenvalue weighted by Crippen LogP contribution is -2.39. The second kappa shape index (κ2) is 7.58. The van der Waals surface area contributed by atoms with E-state index in [1.165, 1.54) is 0 Å². The van der Waals surface area contributed by atoms with E-state index in [-0.39, 0.29) is 12.0 Å². The van der Waals surface area contributed by atoms with E-state index in [1.54, 1.807) is 4.90 Å². The summed E-state index contributed by atoms with van der Waals surface area (Å²) >= 11 is 6.05. The summed E-state index contributed by atoms with van der Waals surface area (Å²) in [5, 5.41) is 8.00. The molecule has 3 aliphatic rings. The molecule has 1 amide bonds. The van der Waals surface area contributed by atoms with Gasteiger partial charge in [0.15, 0.2) is 0 Å². The third-order valence-electron chi connectivity index (χ3n) is 4.31. The van der Waals surface area contributed by atoms with Crippen LogP contribution in [0.4, 0.5) is 4.79 Å². The van der Waals surface area contributed by atoms with Gasteiger partial charge in [-0.15, -0.1) is 16.6 Å². The molecule has 6 heteroatoms. The molecule has 2 aliphatic heterocycles. The second-order valence-corrected chi connectivity index (χ2v) is 7.98. The first-order chi connectivity index (χ1) is 12.8. The van der Waals surface area contributed by atoms with Crippen LogP contribution >= 0.6 is 11.6 Å². The van der Waals surface area contributed by atoms with Gasteiger partial charge >= 0.3 is 6.09 Å². The van der Waals surface area contributed by atoms with Crippen molar-refractivity contribution in [2.24, 2.45) is 0 Å². The molecule has 0 N–H and O–H groups in total. The van der Waals surface area contributed by atoms with E-state index in [0.717, 1.165) is 28.9 Å². The first-order valence-corrected chi connectivity index (χ1v) is 9.21. The van der Waals surface area contributed by atoms with Gasteiger partial charge in [0.05, 0.1) is 5.92 Å². The molecule has 27 heavy (non-hydrogen) atoms. The number of hydrogen-bond donors (Lipinski definition) is 0. The number of nitrogens with zero attached hydrogens (tertiary/aromatic N) is 3. The van der Waals surface area contributed by atoms with Crippen LogP contribution in [0, 0.1) is 12.3 Å². The van der Waals surface area contributed by atoms with Gasteiger partial charge < -0.3 is 9.64 Å². The van der Waals surface area contributed by atoms with Crippen molar-refractivity contribution in [2.45, 2.75) is 38.7 Å². The summed E-state index contributed by atoms with van der Waals surface area (Å²) in [5.41, 5.74) is 3.81. The molecule has 2 heterocycles. The van der Waals surface area contributed by atoms with E-state index in [2.05, 4.69) is 16.1 Å². The van der Waals surface area contributed by atoms with Gasteiger partial charge in [0.2, 0.25) is 0 Å². The van der Waals surface area contributed by atoms with Gasteiger partial charge in [-0.1, -0.05) is 23.6 Å². The van der Waals surface area contributed by atoms with Crippen molar-refractivity contribution < 1.29 is 9.53 Å². The molecule has 0 spiro atoms. The van der Waals surface area contributed by atoms with Crippen LogP contribution in [0.3, 0.4) is 0 Å². The summed E-state index contributed by atoms with van der Waals surface area (Å²) in [5.74, 6) is 2.64. The zero-order chi connectivity index (χ0) is 19.6. The Morgan fingerprint density at radius 1 is 1.26 bits per heavy atom. The summed E-state index contributed by atoms with van der Waals surface area (Å²) in [6, 6.07) is 9.62. The smallest absolute Gasteiger partial charge is 0.410 e. The van der Waals surface area contributed by atoms with Gasteiger partial charge in [0.25, 0.3) is 0 Å². The van der Waals surface area contributed by atoms with Crippen LogP contribution in [0.2, 0.25) is 5.02 Å². The van der Waals surface area contributed by atoms with Crippen LogP contribution in [0.15, 0.2) is 30.3 Å². The molecular weight excluding hydrogens is 362 g/mol. The van der Waals surface area contributed by atoms with Crippen molar-refractivity contribution >= 4 is 17.7 Å². The quantitative estimate of drug-likeness (QED) is 0.543. The first-order valence-electron chi connectivity index (χ1n) is 8.83. The predicted octanol–water partition coefficient (Wildman–Crippen LogP) is 4.31. The summed E-state index contributed by atoms with van der Waals surface area (Å²) < 4.78 is 5.44. The third-order valence-corrected chi connectivity index (χ3v) is 4.55. The lowest BCUT2D eigenvalue weighted by atomic mass is 9.94. The lowest BCUT2D eigenvalue weighted by Gasteiger charge is -2.27. The number of rotatable bonds is 0. The number of terminal acetylenes is 1. The van der Waals surface area contributed by atoms with Gasteiger partial charge in [0.1, 0.15) is 17.0 Å². The Morgan fingerprint density at radius 3 is 2.41 bits per heavy atom. The fourth-order valence-electron chi connectivity index (χ4n) is 2.90. The molecule has 1 aromatic rings. The molecule has 4 rings (SSSR count). The molecule has 0 bridgehead atoms. The first kappa shape index (κ1) is 19.2. The monoisotopic (exact) mass is 383 g/mol. The summed E-state index contributed by atoms with van der Waals surface area (Å²) in [6.45, 7) is 6.63. The van der Waals surface area contributed by atoms with Gasteiger partial charge in [-0.25, -0.2) is 4.79 Å². The van der Waals surface area contributed by atoms with Crippen LogP contribution in [-0.2, 0) is 11.2 Å². The Balaban J connectivity index is 0.000000290. The number of amides is 1. The maximum Gasteiger partial charge on any atom is 0.410 e. The number of hydrogen-bond acceptors (Lipinski definition) is 4. The van der Waals surface area contributed by atoms with Crippen molar-refractivity contribution in [3.05, 3.63) is 46.5 Å². The number of aromatic nitrogens is 2. The van der Waals surface area contributed by atoms with Crippen LogP contribution in [0.5, 0.6) is 0 Å². The van der Waals surface area contributed by atoms with Gasteiger partial charge in [-0.3, -0.25) is 0 Å². The van der Waals surface area contributed by atoms with E-state index in [1.807, 2.05) is 51.1 Å². The SMILES string of the molecule is C#CC1CN(C(=O)OC(C)(C)C)CCc2cc(Cl)ccc21.c1cc2nnc1-2. The van der Waals surface area contributed by atoms with Crippen molar-refractivity contribution in [3.8, 4) is 23.7 Å². The van der Waals surface area contributed by atoms with E-state index in [4.69, 9.17) is 22.8 Å². The van der Waals surface area contributed by atoms with E-state index >= 15 is 0 Å². The summed E-state index contributed by atoms with van der Waals surface area (Å²) in [4.78, 5) is 13.9. The van der Waals surface area contributed by atoms with E-state index in [0.29, 0.717) is 18.1 Å². The highest BCUT2D eigenvalue weighted by molar-refractivity contribution is 6.30. The second-order valence-electron chi connectivity index (χ2n) is 7.54. The topological polar surface area (TPSA) is 55.3 Å². The Bertz CT molecular complexity index is 861. The highest BCUT2D eigenvalue weighted by atomic mass is 35.5. The molecule has 0 aromatic heterocycles. The Kier molecular flexibility index (Phi) is 5.38. The molecule has 1 atom stereocenters. The van der Waals surface area contributed by atoms with Crippen molar-refractivity contribution in [2.75, 3.05) is 13.1 Å². The van der Waals surface area contributed by atoms with Gasteiger partial charge in [-0.05, 0) is 62.6 Å². The van der Waals surface area contributed by atoms with E-state index in [9.17, 15) is 4.79 Å². The largest absolute Gasteiger partial charge is 0.444 e. The number of halogens is 1. The average molecular weight is 384 g/mol. The summed E-state index contributed by atoms with van der Waals surface area (Å²) in [7, 11) is 0. The van der Waals surface area contributed by atoms with Gasteiger partial charge in [-0.2, -0.15) is 0 Å². The van der Waals surface area contributed by atoms with Gasteiger partial charge in [0, 0.05) is 18.1 Å². The molecule has 0 saturated carbocycles. The molecule has 0 saturated heterocycles.